The minimum absolute atomic E-state index is 0.149. The van der Waals surface area contributed by atoms with Crippen molar-refractivity contribution in [1.82, 2.24) is 20.2 Å². The summed E-state index contributed by atoms with van der Waals surface area (Å²) < 4.78 is 1.52. The van der Waals surface area contributed by atoms with Gasteiger partial charge in [0.15, 0.2) is 0 Å². The number of nitrogens with one attached hydrogen (secondary N) is 1. The first kappa shape index (κ1) is 20.4. The zero-order valence-corrected chi connectivity index (χ0v) is 18.0. The van der Waals surface area contributed by atoms with Crippen molar-refractivity contribution in [1.29, 1.82) is 5.26 Å². The third kappa shape index (κ3) is 4.17. The number of amides is 1. The first-order valence-electron chi connectivity index (χ1n) is 9.66. The van der Waals surface area contributed by atoms with Crippen molar-refractivity contribution >= 4 is 34.0 Å². The van der Waals surface area contributed by atoms with E-state index in [0.717, 1.165) is 31.2 Å². The van der Waals surface area contributed by atoms with E-state index in [1.807, 2.05) is 0 Å². The molecule has 0 saturated heterocycles. The highest BCUT2D eigenvalue weighted by molar-refractivity contribution is 8.00. The van der Waals surface area contributed by atoms with E-state index in [4.69, 9.17) is 0 Å². The average molecular weight is 441 g/mol. The van der Waals surface area contributed by atoms with E-state index < -0.39 is 5.25 Å². The van der Waals surface area contributed by atoms with Gasteiger partial charge in [0, 0.05) is 4.88 Å². The van der Waals surface area contributed by atoms with Gasteiger partial charge in [0.25, 0.3) is 0 Å². The van der Waals surface area contributed by atoms with Gasteiger partial charge in [-0.15, -0.1) is 16.4 Å². The van der Waals surface area contributed by atoms with Gasteiger partial charge >= 0.3 is 0 Å². The molecule has 0 radical (unpaired) electrons. The van der Waals surface area contributed by atoms with Crippen LogP contribution in [0, 0.1) is 11.3 Å². The highest BCUT2D eigenvalue weighted by Gasteiger charge is 2.24. The fraction of sp³-hybridized carbons (Fsp3) is 0.350. The van der Waals surface area contributed by atoms with Gasteiger partial charge in [0.2, 0.25) is 11.1 Å². The standard InChI is InChI=1S/C20H20N6O2S2/c1-12(29-20-23-24-25-26(20)13-7-9-14(27)10-8-13)18(28)22-19-16(11-21)15-5-3-2-4-6-17(15)30-19/h7-10,12,27H,2-6H2,1H3,(H,22,28)/t12-/m0/s1. The van der Waals surface area contributed by atoms with E-state index in [-0.39, 0.29) is 11.7 Å². The Hall–Kier alpha value is -2.90. The highest BCUT2D eigenvalue weighted by Crippen LogP contribution is 2.37. The monoisotopic (exact) mass is 440 g/mol. The van der Waals surface area contributed by atoms with Gasteiger partial charge in [-0.2, -0.15) is 9.94 Å². The lowest BCUT2D eigenvalue weighted by Crippen LogP contribution is -2.23. The van der Waals surface area contributed by atoms with Gasteiger partial charge in [-0.3, -0.25) is 4.79 Å². The summed E-state index contributed by atoms with van der Waals surface area (Å²) in [6.45, 7) is 1.78. The highest BCUT2D eigenvalue weighted by atomic mass is 32.2. The number of thiophene rings is 1. The molecule has 0 bridgehead atoms. The summed E-state index contributed by atoms with van der Waals surface area (Å²) in [4.78, 5) is 14.1. The Labute approximate surface area is 181 Å². The number of phenolic OH excluding ortho intramolecular Hbond substituents is 1. The Morgan fingerprint density at radius 1 is 1.30 bits per heavy atom. The topological polar surface area (TPSA) is 117 Å². The number of carbonyl (C=O) groups is 1. The number of rotatable bonds is 5. The first-order chi connectivity index (χ1) is 14.6. The Morgan fingerprint density at radius 2 is 2.07 bits per heavy atom. The third-order valence-corrected chi connectivity index (χ3v) is 7.20. The van der Waals surface area contributed by atoms with Crippen molar-refractivity contribution in [2.75, 3.05) is 5.32 Å². The number of nitriles is 1. The van der Waals surface area contributed by atoms with Gasteiger partial charge in [0.1, 0.15) is 16.8 Å². The van der Waals surface area contributed by atoms with E-state index in [1.54, 1.807) is 31.2 Å². The molecule has 2 heterocycles. The molecule has 1 amide bonds. The fourth-order valence-electron chi connectivity index (χ4n) is 3.38. The van der Waals surface area contributed by atoms with E-state index in [1.165, 1.54) is 39.1 Å². The average Bonchev–Trinajstić information content (AvgIpc) is 3.25. The van der Waals surface area contributed by atoms with Crippen LogP contribution >= 0.6 is 23.1 Å². The number of aromatic nitrogens is 4. The second kappa shape index (κ2) is 8.85. The zero-order chi connectivity index (χ0) is 21.1. The van der Waals surface area contributed by atoms with Crippen LogP contribution in [0.15, 0.2) is 29.4 Å². The molecule has 0 spiro atoms. The fourth-order valence-corrected chi connectivity index (χ4v) is 5.43. The summed E-state index contributed by atoms with van der Waals surface area (Å²) in [5, 5.41) is 34.4. The molecule has 154 valence electrons. The van der Waals surface area contributed by atoms with Gasteiger partial charge in [-0.05, 0) is 72.9 Å². The van der Waals surface area contributed by atoms with Crippen molar-refractivity contribution in [3.8, 4) is 17.5 Å². The quantitative estimate of drug-likeness (QED) is 0.459. The predicted molar refractivity (Wildman–Crippen MR) is 115 cm³/mol. The molecule has 0 unspecified atom stereocenters. The summed E-state index contributed by atoms with van der Waals surface area (Å²) >= 11 is 2.75. The lowest BCUT2D eigenvalue weighted by Gasteiger charge is -2.11. The van der Waals surface area contributed by atoms with Crippen LogP contribution in [0.1, 0.15) is 42.2 Å². The van der Waals surface area contributed by atoms with Gasteiger partial charge in [-0.1, -0.05) is 18.2 Å². The molecule has 0 aliphatic heterocycles. The summed E-state index contributed by atoms with van der Waals surface area (Å²) in [6.07, 6.45) is 5.25. The predicted octanol–water partition coefficient (Wildman–Crippen LogP) is 3.69. The van der Waals surface area contributed by atoms with Crippen LogP contribution in [0.3, 0.4) is 0 Å². The SMILES string of the molecule is C[C@H](Sc1nnnn1-c1ccc(O)cc1)C(=O)Nc1sc2c(c1C#N)CCCCC2. The van der Waals surface area contributed by atoms with Gasteiger partial charge in [0.05, 0.1) is 16.5 Å². The molecular formula is C20H20N6O2S2. The molecule has 3 aromatic rings. The summed E-state index contributed by atoms with van der Waals surface area (Å²) in [5.74, 6) is -0.0513. The number of hydrogen-bond donors (Lipinski definition) is 2. The molecular weight excluding hydrogens is 420 g/mol. The van der Waals surface area contributed by atoms with Gasteiger partial charge < -0.3 is 10.4 Å². The molecule has 1 aliphatic carbocycles. The number of tetrazole rings is 1. The molecule has 2 aromatic heterocycles. The number of aryl methyl sites for hydroxylation is 1. The van der Waals surface area contributed by atoms with E-state index in [2.05, 4.69) is 26.9 Å². The van der Waals surface area contributed by atoms with E-state index in [0.29, 0.717) is 21.4 Å². The molecule has 30 heavy (non-hydrogen) atoms. The van der Waals surface area contributed by atoms with Crippen LogP contribution in [-0.2, 0) is 17.6 Å². The van der Waals surface area contributed by atoms with Crippen molar-refractivity contribution in [2.24, 2.45) is 0 Å². The smallest absolute Gasteiger partial charge is 0.238 e. The van der Waals surface area contributed by atoms with E-state index in [9.17, 15) is 15.2 Å². The summed E-state index contributed by atoms with van der Waals surface area (Å²) in [5.41, 5.74) is 2.39. The number of carbonyl (C=O) groups excluding carboxylic acids is 1. The molecule has 0 saturated carbocycles. The van der Waals surface area contributed by atoms with Crippen LogP contribution in [0.4, 0.5) is 5.00 Å². The molecule has 1 atom stereocenters. The first-order valence-corrected chi connectivity index (χ1v) is 11.4. The maximum Gasteiger partial charge on any atom is 0.238 e. The Morgan fingerprint density at radius 3 is 2.83 bits per heavy atom. The van der Waals surface area contributed by atoms with Gasteiger partial charge in [-0.25, -0.2) is 0 Å². The number of benzene rings is 1. The molecule has 4 rings (SSSR count). The Bertz CT molecular complexity index is 1100. The maximum absolute atomic E-state index is 12.8. The summed E-state index contributed by atoms with van der Waals surface area (Å²) in [7, 11) is 0. The molecule has 1 aromatic carbocycles. The van der Waals surface area contributed by atoms with Crippen molar-refractivity contribution in [3.63, 3.8) is 0 Å². The number of nitrogens with zero attached hydrogens (tertiary/aromatic N) is 5. The zero-order valence-electron chi connectivity index (χ0n) is 16.3. The minimum Gasteiger partial charge on any atom is -0.508 e. The lowest BCUT2D eigenvalue weighted by molar-refractivity contribution is -0.115. The Kier molecular flexibility index (Phi) is 6.01. The minimum atomic E-state index is -0.472. The van der Waals surface area contributed by atoms with Crippen LogP contribution < -0.4 is 5.32 Å². The molecule has 8 nitrogen and oxygen atoms in total. The second-order valence-corrected chi connectivity index (χ2v) is 9.43. The van der Waals surface area contributed by atoms with Crippen molar-refractivity contribution < 1.29 is 9.90 Å². The molecule has 10 heteroatoms. The largest absolute Gasteiger partial charge is 0.508 e. The molecule has 2 N–H and O–H groups in total. The number of aromatic hydroxyl groups is 1. The van der Waals surface area contributed by atoms with E-state index >= 15 is 0 Å². The van der Waals surface area contributed by atoms with Crippen LogP contribution in [0.2, 0.25) is 0 Å². The lowest BCUT2D eigenvalue weighted by atomic mass is 10.1. The third-order valence-electron chi connectivity index (χ3n) is 4.96. The molecule has 1 aliphatic rings. The second-order valence-electron chi connectivity index (χ2n) is 7.02. The Balaban J connectivity index is 1.49. The number of thioether (sulfide) groups is 1. The number of hydrogen-bond acceptors (Lipinski definition) is 8. The molecule has 0 fully saturated rings. The summed E-state index contributed by atoms with van der Waals surface area (Å²) in [6, 6.07) is 8.77. The van der Waals surface area contributed by atoms with Crippen molar-refractivity contribution in [2.45, 2.75) is 49.4 Å². The number of anilines is 1. The van der Waals surface area contributed by atoms with Crippen molar-refractivity contribution in [3.05, 3.63) is 40.3 Å². The normalized spacial score (nSPS) is 14.4. The van der Waals surface area contributed by atoms with Crippen LogP contribution in [-0.4, -0.2) is 36.5 Å². The van der Waals surface area contributed by atoms with Crippen LogP contribution in [0.25, 0.3) is 5.69 Å². The number of phenols is 1. The van der Waals surface area contributed by atoms with Crippen LogP contribution in [0.5, 0.6) is 5.75 Å². The maximum atomic E-state index is 12.8. The number of fused-ring (bicyclic) bond motifs is 1.